The zero-order valence-corrected chi connectivity index (χ0v) is 11.2. The van der Waals surface area contributed by atoms with Gasteiger partial charge >= 0.3 is 0 Å². The molecule has 0 aliphatic heterocycles. The molecule has 0 fully saturated rings. The first kappa shape index (κ1) is 15.9. The van der Waals surface area contributed by atoms with Crippen LogP contribution in [-0.2, 0) is 4.74 Å². The SMILES string of the molecule is CCCCOCC(O)CNC(C)CCCC. The van der Waals surface area contributed by atoms with E-state index in [4.69, 9.17) is 4.74 Å². The van der Waals surface area contributed by atoms with Gasteiger partial charge in [-0.25, -0.2) is 0 Å². The lowest BCUT2D eigenvalue weighted by atomic mass is 10.1. The molecule has 3 nitrogen and oxygen atoms in total. The molecular weight excluding hydrogens is 202 g/mol. The van der Waals surface area contributed by atoms with Gasteiger partial charge in [-0.15, -0.1) is 0 Å². The van der Waals surface area contributed by atoms with Gasteiger partial charge in [0.1, 0.15) is 0 Å². The minimum atomic E-state index is -0.374. The quantitative estimate of drug-likeness (QED) is 0.536. The third-order valence-electron chi connectivity index (χ3n) is 2.65. The van der Waals surface area contributed by atoms with Gasteiger partial charge in [-0.2, -0.15) is 0 Å². The van der Waals surface area contributed by atoms with Crippen LogP contribution in [0.1, 0.15) is 52.9 Å². The van der Waals surface area contributed by atoms with E-state index in [-0.39, 0.29) is 6.10 Å². The number of aliphatic hydroxyl groups is 1. The van der Waals surface area contributed by atoms with Crippen molar-refractivity contribution in [1.29, 1.82) is 0 Å². The van der Waals surface area contributed by atoms with E-state index in [1.165, 1.54) is 19.3 Å². The summed E-state index contributed by atoms with van der Waals surface area (Å²) in [6.45, 7) is 8.35. The summed E-state index contributed by atoms with van der Waals surface area (Å²) in [6.07, 6.45) is 5.50. The second-order valence-corrected chi connectivity index (χ2v) is 4.53. The van der Waals surface area contributed by atoms with Crippen LogP contribution in [0.4, 0.5) is 0 Å². The van der Waals surface area contributed by atoms with Crippen LogP contribution >= 0.6 is 0 Å². The third-order valence-corrected chi connectivity index (χ3v) is 2.65. The molecule has 0 aromatic carbocycles. The Balaban J connectivity index is 3.31. The minimum Gasteiger partial charge on any atom is -0.389 e. The second kappa shape index (κ2) is 11.4. The summed E-state index contributed by atoms with van der Waals surface area (Å²) in [4.78, 5) is 0. The highest BCUT2D eigenvalue weighted by Crippen LogP contribution is 1.99. The van der Waals surface area contributed by atoms with E-state index < -0.39 is 0 Å². The molecule has 2 N–H and O–H groups in total. The van der Waals surface area contributed by atoms with Crippen LogP contribution in [0.5, 0.6) is 0 Å². The van der Waals surface area contributed by atoms with Crippen molar-refractivity contribution in [2.24, 2.45) is 0 Å². The molecule has 0 aromatic heterocycles. The van der Waals surface area contributed by atoms with Crippen molar-refractivity contribution in [2.45, 2.75) is 65.0 Å². The Morgan fingerprint density at radius 1 is 1.19 bits per heavy atom. The number of hydrogen-bond donors (Lipinski definition) is 2. The average Bonchev–Trinajstić information content (AvgIpc) is 2.29. The van der Waals surface area contributed by atoms with Gasteiger partial charge in [0.05, 0.1) is 12.7 Å². The Morgan fingerprint density at radius 2 is 1.88 bits per heavy atom. The van der Waals surface area contributed by atoms with Crippen molar-refractivity contribution < 1.29 is 9.84 Å². The van der Waals surface area contributed by atoms with E-state index in [2.05, 4.69) is 26.1 Å². The predicted octanol–water partition coefficient (Wildman–Crippen LogP) is 2.33. The molecular formula is C13H29NO2. The van der Waals surface area contributed by atoms with E-state index >= 15 is 0 Å². The number of ether oxygens (including phenoxy) is 1. The van der Waals surface area contributed by atoms with Gasteiger partial charge in [-0.05, 0) is 19.8 Å². The molecule has 3 heteroatoms. The zero-order valence-electron chi connectivity index (χ0n) is 11.2. The van der Waals surface area contributed by atoms with E-state index in [0.717, 1.165) is 19.4 Å². The van der Waals surface area contributed by atoms with Crippen molar-refractivity contribution >= 4 is 0 Å². The second-order valence-electron chi connectivity index (χ2n) is 4.53. The number of rotatable bonds is 11. The average molecular weight is 231 g/mol. The van der Waals surface area contributed by atoms with E-state index in [9.17, 15) is 5.11 Å². The maximum absolute atomic E-state index is 9.64. The molecule has 0 spiro atoms. The highest BCUT2D eigenvalue weighted by Gasteiger charge is 2.06. The number of aliphatic hydroxyl groups excluding tert-OH is 1. The molecule has 0 amide bonds. The molecule has 0 saturated carbocycles. The van der Waals surface area contributed by atoms with Crippen LogP contribution in [0.3, 0.4) is 0 Å². The lowest BCUT2D eigenvalue weighted by Crippen LogP contribution is -2.36. The Hall–Kier alpha value is -0.120. The summed E-state index contributed by atoms with van der Waals surface area (Å²) in [6, 6.07) is 0.491. The Bertz CT molecular complexity index is 142. The van der Waals surface area contributed by atoms with Crippen LogP contribution < -0.4 is 5.32 Å². The van der Waals surface area contributed by atoms with Crippen LogP contribution in [0.2, 0.25) is 0 Å². The first-order valence-electron chi connectivity index (χ1n) is 6.69. The van der Waals surface area contributed by atoms with Crippen molar-refractivity contribution in [2.75, 3.05) is 19.8 Å². The van der Waals surface area contributed by atoms with Gasteiger partial charge in [0.15, 0.2) is 0 Å². The zero-order chi connectivity index (χ0) is 12.2. The molecule has 0 bridgehead atoms. The van der Waals surface area contributed by atoms with Crippen molar-refractivity contribution in [3.05, 3.63) is 0 Å². The molecule has 0 rings (SSSR count). The smallest absolute Gasteiger partial charge is 0.0897 e. The van der Waals surface area contributed by atoms with E-state index in [1.54, 1.807) is 0 Å². The van der Waals surface area contributed by atoms with E-state index in [0.29, 0.717) is 19.2 Å². The minimum absolute atomic E-state index is 0.374. The van der Waals surface area contributed by atoms with Crippen LogP contribution in [0.25, 0.3) is 0 Å². The Labute approximate surface area is 101 Å². The summed E-state index contributed by atoms with van der Waals surface area (Å²) in [7, 11) is 0. The lowest BCUT2D eigenvalue weighted by Gasteiger charge is -2.17. The van der Waals surface area contributed by atoms with Crippen molar-refractivity contribution in [3.8, 4) is 0 Å². The molecule has 0 radical (unpaired) electrons. The van der Waals surface area contributed by atoms with Gasteiger partial charge in [-0.1, -0.05) is 33.1 Å². The molecule has 2 atom stereocenters. The normalized spacial score (nSPS) is 15.0. The number of unbranched alkanes of at least 4 members (excludes halogenated alkanes) is 2. The van der Waals surface area contributed by atoms with Crippen LogP contribution in [0.15, 0.2) is 0 Å². The van der Waals surface area contributed by atoms with Crippen molar-refractivity contribution in [3.63, 3.8) is 0 Å². The molecule has 0 saturated heterocycles. The molecule has 98 valence electrons. The lowest BCUT2D eigenvalue weighted by molar-refractivity contribution is 0.0347. The molecule has 0 aromatic rings. The first-order chi connectivity index (χ1) is 7.70. The highest BCUT2D eigenvalue weighted by atomic mass is 16.5. The predicted molar refractivity (Wildman–Crippen MR) is 68.7 cm³/mol. The highest BCUT2D eigenvalue weighted by molar-refractivity contribution is 4.64. The topological polar surface area (TPSA) is 41.5 Å². The van der Waals surface area contributed by atoms with Crippen molar-refractivity contribution in [1.82, 2.24) is 5.32 Å². The summed E-state index contributed by atoms with van der Waals surface area (Å²) >= 11 is 0. The molecule has 16 heavy (non-hydrogen) atoms. The fourth-order valence-electron chi connectivity index (χ4n) is 1.47. The summed E-state index contributed by atoms with van der Waals surface area (Å²) < 4.78 is 5.36. The summed E-state index contributed by atoms with van der Waals surface area (Å²) in [5.74, 6) is 0. The number of hydrogen-bond acceptors (Lipinski definition) is 3. The van der Waals surface area contributed by atoms with Gasteiger partial charge in [0.2, 0.25) is 0 Å². The first-order valence-corrected chi connectivity index (χ1v) is 6.69. The monoisotopic (exact) mass is 231 g/mol. The maximum Gasteiger partial charge on any atom is 0.0897 e. The molecule has 0 aliphatic rings. The summed E-state index contributed by atoms with van der Waals surface area (Å²) in [5.41, 5.74) is 0. The van der Waals surface area contributed by atoms with Gasteiger partial charge in [0, 0.05) is 19.2 Å². The molecule has 0 aliphatic carbocycles. The van der Waals surface area contributed by atoms with Gasteiger partial charge in [0.25, 0.3) is 0 Å². The third kappa shape index (κ3) is 10.4. The fraction of sp³-hybridized carbons (Fsp3) is 1.00. The summed E-state index contributed by atoms with van der Waals surface area (Å²) in [5, 5.41) is 13.0. The van der Waals surface area contributed by atoms with Gasteiger partial charge < -0.3 is 15.2 Å². The van der Waals surface area contributed by atoms with Crippen LogP contribution in [-0.4, -0.2) is 37.0 Å². The Kier molecular flexibility index (Phi) is 11.3. The van der Waals surface area contributed by atoms with Gasteiger partial charge in [-0.3, -0.25) is 0 Å². The fourth-order valence-corrected chi connectivity index (χ4v) is 1.47. The number of nitrogens with one attached hydrogen (secondary N) is 1. The van der Waals surface area contributed by atoms with E-state index in [1.807, 2.05) is 0 Å². The standard InChI is InChI=1S/C13H29NO2/c1-4-6-8-12(3)14-10-13(15)11-16-9-7-5-2/h12-15H,4-11H2,1-3H3. The maximum atomic E-state index is 9.64. The molecule has 0 heterocycles. The molecule has 2 unspecified atom stereocenters. The largest absolute Gasteiger partial charge is 0.389 e. The van der Waals surface area contributed by atoms with Crippen LogP contribution in [0, 0.1) is 0 Å². The Morgan fingerprint density at radius 3 is 2.50 bits per heavy atom.